The summed E-state index contributed by atoms with van der Waals surface area (Å²) in [5.41, 5.74) is 7.91. The SMILES string of the molecule is Cc1ccc2c(cnn2CCN)c1.Cl. The molecular formula is C10H14ClN3. The van der Waals surface area contributed by atoms with Gasteiger partial charge in [0.25, 0.3) is 0 Å². The summed E-state index contributed by atoms with van der Waals surface area (Å²) in [7, 11) is 0. The van der Waals surface area contributed by atoms with Crippen molar-refractivity contribution in [3.05, 3.63) is 30.0 Å². The Morgan fingerprint density at radius 2 is 2.21 bits per heavy atom. The van der Waals surface area contributed by atoms with Gasteiger partial charge in [-0.2, -0.15) is 5.10 Å². The molecule has 0 aliphatic carbocycles. The molecule has 0 unspecified atom stereocenters. The molecule has 1 heterocycles. The van der Waals surface area contributed by atoms with Gasteiger partial charge in [0.2, 0.25) is 0 Å². The lowest BCUT2D eigenvalue weighted by atomic mass is 10.2. The first-order chi connectivity index (χ1) is 6.31. The van der Waals surface area contributed by atoms with Crippen LogP contribution in [0.4, 0.5) is 0 Å². The highest BCUT2D eigenvalue weighted by atomic mass is 35.5. The third-order valence-electron chi connectivity index (χ3n) is 2.14. The average Bonchev–Trinajstić information content (AvgIpc) is 2.49. The lowest BCUT2D eigenvalue weighted by molar-refractivity contribution is 0.646. The molecule has 0 radical (unpaired) electrons. The number of halogens is 1. The maximum Gasteiger partial charge on any atom is 0.0683 e. The fourth-order valence-electron chi connectivity index (χ4n) is 1.51. The molecule has 1 aromatic carbocycles. The van der Waals surface area contributed by atoms with Crippen molar-refractivity contribution in [1.29, 1.82) is 0 Å². The van der Waals surface area contributed by atoms with E-state index in [2.05, 4.69) is 30.2 Å². The van der Waals surface area contributed by atoms with Crippen molar-refractivity contribution in [3.63, 3.8) is 0 Å². The molecule has 0 aliphatic rings. The van der Waals surface area contributed by atoms with Crippen molar-refractivity contribution >= 4 is 23.3 Å². The van der Waals surface area contributed by atoms with Crippen LogP contribution >= 0.6 is 12.4 Å². The molecule has 0 bridgehead atoms. The van der Waals surface area contributed by atoms with E-state index in [1.807, 2.05) is 10.9 Å². The Balaban J connectivity index is 0.000000980. The zero-order valence-corrected chi connectivity index (χ0v) is 8.92. The van der Waals surface area contributed by atoms with Crippen LogP contribution in [-0.2, 0) is 6.54 Å². The smallest absolute Gasteiger partial charge is 0.0683 e. The highest BCUT2D eigenvalue weighted by Gasteiger charge is 2.00. The highest BCUT2D eigenvalue weighted by Crippen LogP contribution is 2.14. The number of aromatic nitrogens is 2. The lowest BCUT2D eigenvalue weighted by Crippen LogP contribution is -2.10. The van der Waals surface area contributed by atoms with Crippen LogP contribution in [-0.4, -0.2) is 16.3 Å². The second-order valence-corrected chi connectivity index (χ2v) is 3.22. The van der Waals surface area contributed by atoms with Crippen molar-refractivity contribution in [1.82, 2.24) is 9.78 Å². The number of hydrogen-bond acceptors (Lipinski definition) is 2. The van der Waals surface area contributed by atoms with Gasteiger partial charge in [-0.15, -0.1) is 12.4 Å². The predicted molar refractivity (Wildman–Crippen MR) is 60.8 cm³/mol. The van der Waals surface area contributed by atoms with Gasteiger partial charge in [-0.1, -0.05) is 11.6 Å². The fourth-order valence-corrected chi connectivity index (χ4v) is 1.51. The van der Waals surface area contributed by atoms with Crippen molar-refractivity contribution in [2.45, 2.75) is 13.5 Å². The van der Waals surface area contributed by atoms with Gasteiger partial charge in [0.05, 0.1) is 18.3 Å². The molecule has 0 spiro atoms. The molecule has 2 aromatic rings. The minimum absolute atomic E-state index is 0. The van der Waals surface area contributed by atoms with Gasteiger partial charge in [-0.25, -0.2) is 0 Å². The molecule has 1 aromatic heterocycles. The van der Waals surface area contributed by atoms with E-state index in [1.54, 1.807) is 0 Å². The van der Waals surface area contributed by atoms with Gasteiger partial charge in [0, 0.05) is 11.9 Å². The topological polar surface area (TPSA) is 43.8 Å². The van der Waals surface area contributed by atoms with Crippen LogP contribution in [0.25, 0.3) is 10.9 Å². The molecule has 3 nitrogen and oxygen atoms in total. The number of rotatable bonds is 2. The van der Waals surface area contributed by atoms with Crippen LogP contribution < -0.4 is 5.73 Å². The van der Waals surface area contributed by atoms with E-state index in [4.69, 9.17) is 5.73 Å². The summed E-state index contributed by atoms with van der Waals surface area (Å²) in [5, 5.41) is 5.45. The Labute approximate surface area is 89.3 Å². The third-order valence-corrected chi connectivity index (χ3v) is 2.14. The number of fused-ring (bicyclic) bond motifs is 1. The first kappa shape index (κ1) is 11.0. The Bertz CT molecular complexity index is 422. The minimum Gasteiger partial charge on any atom is -0.329 e. The van der Waals surface area contributed by atoms with Crippen LogP contribution in [0.2, 0.25) is 0 Å². The maximum absolute atomic E-state index is 5.48. The highest BCUT2D eigenvalue weighted by molar-refractivity contribution is 5.85. The zero-order chi connectivity index (χ0) is 9.26. The van der Waals surface area contributed by atoms with E-state index in [-0.39, 0.29) is 12.4 Å². The number of benzene rings is 1. The standard InChI is InChI=1S/C10H13N3.ClH/c1-8-2-3-10-9(6-8)7-12-13(10)5-4-11;/h2-3,6-7H,4-5,11H2,1H3;1H. The number of hydrogen-bond donors (Lipinski definition) is 1. The first-order valence-electron chi connectivity index (χ1n) is 4.43. The van der Waals surface area contributed by atoms with E-state index >= 15 is 0 Å². The van der Waals surface area contributed by atoms with Gasteiger partial charge in [0.15, 0.2) is 0 Å². The number of nitrogens with two attached hydrogens (primary N) is 1. The monoisotopic (exact) mass is 211 g/mol. The van der Waals surface area contributed by atoms with Gasteiger partial charge >= 0.3 is 0 Å². The lowest BCUT2D eigenvalue weighted by Gasteiger charge is -2.00. The van der Waals surface area contributed by atoms with Crippen LogP contribution in [0, 0.1) is 6.92 Å². The van der Waals surface area contributed by atoms with Gasteiger partial charge in [0.1, 0.15) is 0 Å². The summed E-state index contributed by atoms with van der Waals surface area (Å²) in [6.07, 6.45) is 1.89. The summed E-state index contributed by atoms with van der Waals surface area (Å²) in [6, 6.07) is 6.32. The largest absolute Gasteiger partial charge is 0.329 e. The zero-order valence-electron chi connectivity index (χ0n) is 8.10. The molecule has 76 valence electrons. The van der Waals surface area contributed by atoms with Crippen molar-refractivity contribution in [2.75, 3.05) is 6.54 Å². The van der Waals surface area contributed by atoms with Crippen LogP contribution in [0.15, 0.2) is 24.4 Å². The average molecular weight is 212 g/mol. The molecule has 14 heavy (non-hydrogen) atoms. The number of aryl methyl sites for hydroxylation is 1. The number of nitrogens with zero attached hydrogens (tertiary/aromatic N) is 2. The van der Waals surface area contributed by atoms with Gasteiger partial charge in [-0.05, 0) is 19.1 Å². The van der Waals surface area contributed by atoms with Crippen molar-refractivity contribution in [3.8, 4) is 0 Å². The predicted octanol–water partition coefficient (Wildman–Crippen LogP) is 1.73. The summed E-state index contributed by atoms with van der Waals surface area (Å²) in [6.45, 7) is 3.50. The molecule has 0 saturated carbocycles. The quantitative estimate of drug-likeness (QED) is 0.822. The van der Waals surface area contributed by atoms with E-state index in [0.717, 1.165) is 12.1 Å². The molecule has 4 heteroatoms. The molecular weight excluding hydrogens is 198 g/mol. The van der Waals surface area contributed by atoms with Crippen molar-refractivity contribution in [2.24, 2.45) is 5.73 Å². The van der Waals surface area contributed by atoms with Crippen LogP contribution in [0.5, 0.6) is 0 Å². The van der Waals surface area contributed by atoms with E-state index in [1.165, 1.54) is 10.9 Å². The molecule has 0 amide bonds. The fraction of sp³-hybridized carbons (Fsp3) is 0.300. The normalized spacial score (nSPS) is 10.1. The molecule has 0 fully saturated rings. The minimum atomic E-state index is 0. The maximum atomic E-state index is 5.48. The van der Waals surface area contributed by atoms with Gasteiger partial charge in [-0.3, -0.25) is 4.68 Å². The van der Waals surface area contributed by atoms with Crippen LogP contribution in [0.1, 0.15) is 5.56 Å². The first-order valence-corrected chi connectivity index (χ1v) is 4.43. The second-order valence-electron chi connectivity index (χ2n) is 3.22. The molecule has 2 N–H and O–H groups in total. The molecule has 0 atom stereocenters. The third kappa shape index (κ3) is 1.89. The summed E-state index contributed by atoms with van der Waals surface area (Å²) in [4.78, 5) is 0. The summed E-state index contributed by atoms with van der Waals surface area (Å²) in [5.74, 6) is 0. The van der Waals surface area contributed by atoms with Crippen LogP contribution in [0.3, 0.4) is 0 Å². The van der Waals surface area contributed by atoms with E-state index in [9.17, 15) is 0 Å². The Kier molecular flexibility index (Phi) is 3.49. The molecule has 2 rings (SSSR count). The molecule has 0 saturated heterocycles. The van der Waals surface area contributed by atoms with Crippen molar-refractivity contribution < 1.29 is 0 Å². The summed E-state index contributed by atoms with van der Waals surface area (Å²) >= 11 is 0. The van der Waals surface area contributed by atoms with E-state index in [0.29, 0.717) is 6.54 Å². The van der Waals surface area contributed by atoms with E-state index < -0.39 is 0 Å². The van der Waals surface area contributed by atoms with Gasteiger partial charge < -0.3 is 5.73 Å². The summed E-state index contributed by atoms with van der Waals surface area (Å²) < 4.78 is 1.94. The second kappa shape index (κ2) is 4.44. The Morgan fingerprint density at radius 3 is 2.93 bits per heavy atom. The Hall–Kier alpha value is -1.06. The molecule has 0 aliphatic heterocycles. The Morgan fingerprint density at radius 1 is 1.43 bits per heavy atom.